The number of hydrogen-bond acceptors (Lipinski definition) is 10. The summed E-state index contributed by atoms with van der Waals surface area (Å²) in [7, 11) is 3.32. The van der Waals surface area contributed by atoms with Crippen LogP contribution in [0, 0.1) is 11.3 Å². The first-order chi connectivity index (χ1) is 24.1. The Morgan fingerprint density at radius 1 is 1.12 bits per heavy atom. The minimum absolute atomic E-state index is 0.0322. The van der Waals surface area contributed by atoms with Crippen molar-refractivity contribution in [1.82, 2.24) is 29.4 Å². The molecule has 0 aromatic carbocycles. The average molecular weight is 679 g/mol. The number of hydrogen-bond donors (Lipinski definition) is 3. The Morgan fingerprint density at radius 2 is 1.94 bits per heavy atom. The van der Waals surface area contributed by atoms with Crippen molar-refractivity contribution in [1.29, 1.82) is 0 Å². The summed E-state index contributed by atoms with van der Waals surface area (Å²) in [4.78, 5) is 60.9. The molecule has 1 saturated heterocycles. The minimum atomic E-state index is -0.351. The quantitative estimate of drug-likeness (QED) is 0.226. The Labute approximate surface area is 289 Å². The second-order valence-corrected chi connectivity index (χ2v) is 14.0. The van der Waals surface area contributed by atoms with Gasteiger partial charge in [-0.15, -0.1) is 0 Å². The lowest BCUT2D eigenvalue weighted by atomic mass is 9.90. The molecule has 0 radical (unpaired) electrons. The van der Waals surface area contributed by atoms with Gasteiger partial charge >= 0.3 is 0 Å². The maximum Gasteiger partial charge on any atom is 0.276 e. The predicted molar refractivity (Wildman–Crippen MR) is 191 cm³/mol. The summed E-state index contributed by atoms with van der Waals surface area (Å²) in [6.07, 6.45) is 9.16. The third kappa shape index (κ3) is 6.15. The van der Waals surface area contributed by atoms with Crippen molar-refractivity contribution < 1.29 is 14.7 Å². The first-order valence-electron chi connectivity index (χ1n) is 16.9. The van der Waals surface area contributed by atoms with Gasteiger partial charge in [-0.2, -0.15) is 4.98 Å². The maximum atomic E-state index is 13.9. The van der Waals surface area contributed by atoms with Gasteiger partial charge in [0.2, 0.25) is 11.9 Å². The molecule has 14 heteroatoms. The van der Waals surface area contributed by atoms with Crippen LogP contribution in [-0.4, -0.2) is 80.4 Å². The van der Waals surface area contributed by atoms with Crippen LogP contribution in [0.25, 0.3) is 11.1 Å². The second kappa shape index (κ2) is 13.2. The normalized spacial score (nSPS) is 18.1. The van der Waals surface area contributed by atoms with E-state index in [0.29, 0.717) is 79.1 Å². The molecular formula is C36H42N10O4. The highest BCUT2D eigenvalue weighted by Gasteiger charge is 2.37. The van der Waals surface area contributed by atoms with Crippen molar-refractivity contribution in [2.75, 3.05) is 48.3 Å². The van der Waals surface area contributed by atoms with Crippen LogP contribution in [0.3, 0.4) is 0 Å². The van der Waals surface area contributed by atoms with Crippen LogP contribution in [0.1, 0.15) is 47.6 Å². The lowest BCUT2D eigenvalue weighted by molar-refractivity contribution is -0.124. The van der Waals surface area contributed by atoms with Crippen molar-refractivity contribution in [2.24, 2.45) is 23.4 Å². The number of nitrogens with zero attached hydrogens (tertiary/aromatic N) is 8. The highest BCUT2D eigenvalue weighted by atomic mass is 16.3. The fourth-order valence-corrected chi connectivity index (χ4v) is 7.45. The summed E-state index contributed by atoms with van der Waals surface area (Å²) < 4.78 is 3.62. The summed E-state index contributed by atoms with van der Waals surface area (Å²) in [6, 6.07) is 7.20. The number of carbonyl (C=O) groups excluding carboxylic acids is 2. The average Bonchev–Trinajstić information content (AvgIpc) is 3.80. The van der Waals surface area contributed by atoms with Gasteiger partial charge in [0.05, 0.1) is 19.1 Å². The van der Waals surface area contributed by atoms with Gasteiger partial charge in [-0.05, 0) is 60.1 Å². The molecule has 3 aliphatic rings. The molecule has 0 saturated carbocycles. The number of pyridine rings is 2. The van der Waals surface area contributed by atoms with Gasteiger partial charge in [0.15, 0.2) is 0 Å². The summed E-state index contributed by atoms with van der Waals surface area (Å²) >= 11 is 0. The van der Waals surface area contributed by atoms with E-state index in [9.17, 15) is 19.5 Å². The number of carbonyl (C=O) groups is 2. The number of fused-ring (bicyclic) bond motifs is 3. The van der Waals surface area contributed by atoms with E-state index in [2.05, 4.69) is 49.0 Å². The van der Waals surface area contributed by atoms with Crippen LogP contribution in [0.4, 0.5) is 23.3 Å². The van der Waals surface area contributed by atoms with Gasteiger partial charge in [-0.25, -0.2) is 9.97 Å². The zero-order chi connectivity index (χ0) is 35.2. The van der Waals surface area contributed by atoms with E-state index in [1.54, 1.807) is 62.0 Å². The fraction of sp³-hybridized carbons (Fsp3) is 0.417. The molecule has 2 amide bonds. The Hall–Kier alpha value is -5.37. The largest absolute Gasteiger partial charge is 0.392 e. The molecule has 0 spiro atoms. The lowest BCUT2D eigenvalue weighted by Crippen LogP contribution is -2.41. The number of nitrogens with one attached hydrogen (secondary N) is 2. The van der Waals surface area contributed by atoms with Gasteiger partial charge in [-0.1, -0.05) is 13.8 Å². The molecule has 0 bridgehead atoms. The summed E-state index contributed by atoms with van der Waals surface area (Å²) in [5.74, 6) is 0.931. The first-order valence-corrected chi connectivity index (χ1v) is 16.9. The Morgan fingerprint density at radius 3 is 2.74 bits per heavy atom. The molecule has 6 heterocycles. The predicted octanol–water partition coefficient (Wildman–Crippen LogP) is 2.70. The molecule has 4 aromatic rings. The van der Waals surface area contributed by atoms with Gasteiger partial charge in [0.1, 0.15) is 23.0 Å². The molecule has 2 aliphatic heterocycles. The molecule has 50 heavy (non-hydrogen) atoms. The maximum absolute atomic E-state index is 13.9. The third-order valence-corrected chi connectivity index (χ3v) is 9.86. The zero-order valence-corrected chi connectivity index (χ0v) is 28.8. The van der Waals surface area contributed by atoms with E-state index in [1.165, 1.54) is 15.8 Å². The molecule has 260 valence electrons. The highest BCUT2D eigenvalue weighted by molar-refractivity contribution is 6.06. The zero-order valence-electron chi connectivity index (χ0n) is 28.8. The van der Waals surface area contributed by atoms with E-state index in [-0.39, 0.29) is 41.0 Å². The first kappa shape index (κ1) is 33.1. The number of aromatic nitrogens is 5. The van der Waals surface area contributed by atoms with Gasteiger partial charge in [-0.3, -0.25) is 24.3 Å². The van der Waals surface area contributed by atoms with Crippen LogP contribution >= 0.6 is 0 Å². The van der Waals surface area contributed by atoms with Crippen LogP contribution < -0.4 is 26.0 Å². The molecule has 1 aliphatic carbocycles. The SMILES string of the molecule is C/N=C\CNC(=O)C1CCN(c2nccc(Nc3cc(-c4ccnc(N5CCn6c(cc7c6CC(C)(C)C7)C5=O)c4CO)cn(C)c3=O)n2)C1. The monoisotopic (exact) mass is 678 g/mol. The van der Waals surface area contributed by atoms with E-state index < -0.39 is 0 Å². The number of anilines is 4. The van der Waals surface area contributed by atoms with E-state index >= 15 is 0 Å². The standard InChI is InChI=1S/C36H42N10O4/c1-36(2)17-23-16-28-34(50)46(14-13-45(28)29(23)18-36)31-26(21-47)25(5-8-38-31)24-15-27(33(49)43(4)19-24)41-30-6-9-40-35(42-30)44-12-7-22(20-44)32(48)39-11-10-37-3/h5-6,8-10,15-16,19,22,47H,7,11-14,17-18,20-21H2,1-4H3,(H,39,48)(H,40,41,42)/b37-10-. The molecule has 4 aromatic heterocycles. The minimum Gasteiger partial charge on any atom is -0.392 e. The van der Waals surface area contributed by atoms with Crippen molar-refractivity contribution in [3.63, 3.8) is 0 Å². The topological polar surface area (TPSA) is 163 Å². The molecule has 1 atom stereocenters. The van der Waals surface area contributed by atoms with Crippen LogP contribution in [0.2, 0.25) is 0 Å². The van der Waals surface area contributed by atoms with Gasteiger partial charge in [0.25, 0.3) is 11.5 Å². The molecule has 7 rings (SSSR count). The Balaban J connectivity index is 1.13. The van der Waals surface area contributed by atoms with Crippen LogP contribution in [-0.2, 0) is 37.8 Å². The van der Waals surface area contributed by atoms with E-state index in [1.807, 2.05) is 11.0 Å². The van der Waals surface area contributed by atoms with E-state index in [0.717, 1.165) is 12.8 Å². The molecule has 1 unspecified atom stereocenters. The fourth-order valence-electron chi connectivity index (χ4n) is 7.45. The molecule has 1 fully saturated rings. The van der Waals surface area contributed by atoms with Gasteiger partial charge in [0, 0.05) is 81.9 Å². The van der Waals surface area contributed by atoms with Gasteiger partial charge < -0.3 is 29.8 Å². The Bertz CT molecular complexity index is 2070. The second-order valence-electron chi connectivity index (χ2n) is 14.0. The number of amides is 2. The van der Waals surface area contributed by atoms with Crippen LogP contribution in [0.15, 0.2) is 52.6 Å². The van der Waals surface area contributed by atoms with Crippen molar-refractivity contribution >= 4 is 41.3 Å². The number of aryl methyl sites for hydroxylation is 1. The summed E-state index contributed by atoms with van der Waals surface area (Å²) in [5, 5.41) is 16.7. The molecule has 14 nitrogen and oxygen atoms in total. The highest BCUT2D eigenvalue weighted by Crippen LogP contribution is 2.40. The smallest absolute Gasteiger partial charge is 0.276 e. The molecular weight excluding hydrogens is 636 g/mol. The van der Waals surface area contributed by atoms with Crippen molar-refractivity contribution in [3.8, 4) is 11.1 Å². The Kier molecular flexibility index (Phi) is 8.72. The number of aliphatic hydroxyl groups excluding tert-OH is 1. The van der Waals surface area contributed by atoms with Crippen molar-refractivity contribution in [2.45, 2.75) is 46.3 Å². The number of aliphatic hydroxyl groups is 1. The number of rotatable bonds is 9. The summed E-state index contributed by atoms with van der Waals surface area (Å²) in [5.41, 5.74) is 5.13. The van der Waals surface area contributed by atoms with Crippen molar-refractivity contribution in [3.05, 3.63) is 75.7 Å². The summed E-state index contributed by atoms with van der Waals surface area (Å²) in [6.45, 7) is 6.74. The number of aliphatic imine (C=N–C) groups is 1. The lowest BCUT2D eigenvalue weighted by Gasteiger charge is -2.31. The molecule has 3 N–H and O–H groups in total. The van der Waals surface area contributed by atoms with E-state index in [4.69, 9.17) is 0 Å². The third-order valence-electron chi connectivity index (χ3n) is 9.86. The van der Waals surface area contributed by atoms with Crippen LogP contribution in [0.5, 0.6) is 0 Å².